The van der Waals surface area contributed by atoms with Crippen LogP contribution >= 0.6 is 0 Å². The second-order valence-corrected chi connectivity index (χ2v) is 3.94. The maximum absolute atomic E-state index is 5.54. The van der Waals surface area contributed by atoms with Gasteiger partial charge in [-0.3, -0.25) is 0 Å². The van der Waals surface area contributed by atoms with Crippen molar-refractivity contribution in [1.82, 2.24) is 0 Å². The molecule has 0 heterocycles. The first-order chi connectivity index (χ1) is 9.86. The summed E-state index contributed by atoms with van der Waals surface area (Å²) in [5.41, 5.74) is 6.27. The molecule has 3 N–H and O–H groups in total. The quantitative estimate of drug-likeness (QED) is 0.469. The summed E-state index contributed by atoms with van der Waals surface area (Å²) in [6.07, 6.45) is 5.17. The molecule has 0 atom stereocenters. The molecule has 5 heteroatoms. The summed E-state index contributed by atoms with van der Waals surface area (Å²) < 4.78 is 16.1. The van der Waals surface area contributed by atoms with E-state index in [1.165, 1.54) is 0 Å². The van der Waals surface area contributed by atoms with E-state index in [0.29, 0.717) is 46.1 Å². The van der Waals surface area contributed by atoms with Gasteiger partial charge in [-0.25, -0.2) is 0 Å². The molecule has 0 bridgehead atoms. The monoisotopic (exact) mass is 278 g/mol. The summed E-state index contributed by atoms with van der Waals surface area (Å²) in [6, 6.07) is 7.63. The smallest absolute Gasteiger partial charge is 0.119 e. The highest BCUT2D eigenvalue weighted by molar-refractivity contribution is 5.47. The lowest BCUT2D eigenvalue weighted by atomic mass is 10.3. The molecule has 0 aliphatic heterocycles. The van der Waals surface area contributed by atoms with Crippen molar-refractivity contribution in [3.8, 4) is 18.1 Å². The first-order valence-electron chi connectivity index (χ1n) is 6.62. The Morgan fingerprint density at radius 2 is 1.65 bits per heavy atom. The molecule has 0 aliphatic carbocycles. The van der Waals surface area contributed by atoms with E-state index >= 15 is 0 Å². The van der Waals surface area contributed by atoms with Gasteiger partial charge in [0.05, 0.1) is 33.0 Å². The van der Waals surface area contributed by atoms with E-state index in [1.807, 2.05) is 24.3 Å². The van der Waals surface area contributed by atoms with Gasteiger partial charge in [-0.2, -0.15) is 0 Å². The van der Waals surface area contributed by atoms with Gasteiger partial charge >= 0.3 is 0 Å². The van der Waals surface area contributed by atoms with Gasteiger partial charge in [-0.1, -0.05) is 5.92 Å². The van der Waals surface area contributed by atoms with Crippen molar-refractivity contribution < 1.29 is 14.2 Å². The highest BCUT2D eigenvalue weighted by Gasteiger charge is 1.95. The SMILES string of the molecule is C#CCNc1ccc(OCCOCCOCCN)cc1. The highest BCUT2D eigenvalue weighted by Crippen LogP contribution is 2.15. The van der Waals surface area contributed by atoms with E-state index in [-0.39, 0.29) is 0 Å². The van der Waals surface area contributed by atoms with E-state index < -0.39 is 0 Å². The molecule has 0 aromatic heterocycles. The van der Waals surface area contributed by atoms with Crippen LogP contribution in [0.4, 0.5) is 5.69 Å². The number of rotatable bonds is 11. The van der Waals surface area contributed by atoms with Crippen LogP contribution in [0.15, 0.2) is 24.3 Å². The van der Waals surface area contributed by atoms with Gasteiger partial charge in [0.15, 0.2) is 0 Å². The van der Waals surface area contributed by atoms with Crippen molar-refractivity contribution in [3.63, 3.8) is 0 Å². The van der Waals surface area contributed by atoms with Gasteiger partial charge in [-0.05, 0) is 24.3 Å². The van der Waals surface area contributed by atoms with E-state index in [9.17, 15) is 0 Å². The van der Waals surface area contributed by atoms with Gasteiger partial charge in [0.25, 0.3) is 0 Å². The molecule has 0 fully saturated rings. The van der Waals surface area contributed by atoms with Crippen LogP contribution < -0.4 is 15.8 Å². The molecule has 1 aromatic carbocycles. The summed E-state index contributed by atoms with van der Waals surface area (Å²) in [7, 11) is 0. The van der Waals surface area contributed by atoms with Crippen LogP contribution in [-0.4, -0.2) is 46.1 Å². The van der Waals surface area contributed by atoms with Crippen LogP contribution in [0.3, 0.4) is 0 Å². The Balaban J connectivity index is 2.06. The van der Waals surface area contributed by atoms with Gasteiger partial charge < -0.3 is 25.3 Å². The lowest BCUT2D eigenvalue weighted by molar-refractivity contribution is 0.0388. The van der Waals surface area contributed by atoms with E-state index in [1.54, 1.807) is 0 Å². The summed E-state index contributed by atoms with van der Waals surface area (Å²) in [5.74, 6) is 3.33. The van der Waals surface area contributed by atoms with Crippen molar-refractivity contribution in [2.45, 2.75) is 0 Å². The van der Waals surface area contributed by atoms with Gasteiger partial charge in [0.1, 0.15) is 12.4 Å². The van der Waals surface area contributed by atoms with E-state index in [4.69, 9.17) is 26.4 Å². The van der Waals surface area contributed by atoms with Gasteiger partial charge in [0, 0.05) is 12.2 Å². The second kappa shape index (κ2) is 11.1. The second-order valence-electron chi connectivity index (χ2n) is 3.94. The molecule has 0 amide bonds. The third-order valence-corrected chi connectivity index (χ3v) is 2.38. The zero-order valence-corrected chi connectivity index (χ0v) is 11.6. The lowest BCUT2D eigenvalue weighted by Gasteiger charge is -2.08. The highest BCUT2D eigenvalue weighted by atomic mass is 16.5. The fraction of sp³-hybridized carbons (Fsp3) is 0.467. The number of ether oxygens (including phenoxy) is 3. The average Bonchev–Trinajstić information content (AvgIpc) is 2.49. The first-order valence-corrected chi connectivity index (χ1v) is 6.62. The van der Waals surface area contributed by atoms with Crippen LogP contribution in [0.2, 0.25) is 0 Å². The number of nitrogens with one attached hydrogen (secondary N) is 1. The summed E-state index contributed by atoms with van der Waals surface area (Å²) in [5, 5.41) is 3.08. The largest absolute Gasteiger partial charge is 0.491 e. The Morgan fingerprint density at radius 3 is 2.30 bits per heavy atom. The van der Waals surface area contributed by atoms with Crippen molar-refractivity contribution >= 4 is 5.69 Å². The van der Waals surface area contributed by atoms with E-state index in [2.05, 4.69) is 11.2 Å². The minimum Gasteiger partial charge on any atom is -0.491 e. The van der Waals surface area contributed by atoms with Crippen LogP contribution in [-0.2, 0) is 9.47 Å². The molecular weight excluding hydrogens is 256 g/mol. The third-order valence-electron chi connectivity index (χ3n) is 2.38. The number of hydrogen-bond acceptors (Lipinski definition) is 5. The summed E-state index contributed by atoms with van der Waals surface area (Å²) in [6.45, 7) is 3.78. The molecule has 0 unspecified atom stereocenters. The minimum absolute atomic E-state index is 0.508. The Hall–Kier alpha value is -1.74. The predicted octanol–water partition coefficient (Wildman–Crippen LogP) is 1.10. The predicted molar refractivity (Wildman–Crippen MR) is 80.0 cm³/mol. The number of terminal acetylenes is 1. The molecule has 110 valence electrons. The van der Waals surface area contributed by atoms with Crippen molar-refractivity contribution in [2.24, 2.45) is 5.73 Å². The zero-order chi connectivity index (χ0) is 14.5. The van der Waals surface area contributed by atoms with Crippen LogP contribution in [0.1, 0.15) is 0 Å². The average molecular weight is 278 g/mol. The molecule has 0 saturated carbocycles. The first kappa shape index (κ1) is 16.3. The Bertz CT molecular complexity index is 387. The molecule has 0 aliphatic rings. The van der Waals surface area contributed by atoms with Crippen LogP contribution in [0.25, 0.3) is 0 Å². The third kappa shape index (κ3) is 7.64. The van der Waals surface area contributed by atoms with Crippen molar-refractivity contribution in [2.75, 3.05) is 51.4 Å². The Morgan fingerprint density at radius 1 is 1.00 bits per heavy atom. The van der Waals surface area contributed by atoms with Crippen molar-refractivity contribution in [3.05, 3.63) is 24.3 Å². The zero-order valence-electron chi connectivity index (χ0n) is 11.6. The fourth-order valence-electron chi connectivity index (χ4n) is 1.45. The molecule has 20 heavy (non-hydrogen) atoms. The molecule has 1 rings (SSSR count). The van der Waals surface area contributed by atoms with Crippen LogP contribution in [0, 0.1) is 12.3 Å². The molecule has 1 aromatic rings. The van der Waals surface area contributed by atoms with Gasteiger partial charge in [0.2, 0.25) is 0 Å². The molecule has 5 nitrogen and oxygen atoms in total. The Kier molecular flexibility index (Phi) is 9.07. The normalized spacial score (nSPS) is 10.0. The van der Waals surface area contributed by atoms with Gasteiger partial charge in [-0.15, -0.1) is 6.42 Å². The Labute approximate surface area is 120 Å². The number of hydrogen-bond donors (Lipinski definition) is 2. The molecular formula is C15H22N2O3. The lowest BCUT2D eigenvalue weighted by Crippen LogP contribution is -2.14. The maximum Gasteiger partial charge on any atom is 0.119 e. The minimum atomic E-state index is 0.508. The number of anilines is 1. The number of nitrogens with two attached hydrogens (primary N) is 1. The molecule has 0 radical (unpaired) electrons. The molecule has 0 spiro atoms. The number of benzene rings is 1. The fourth-order valence-corrected chi connectivity index (χ4v) is 1.45. The molecule has 0 saturated heterocycles. The van der Waals surface area contributed by atoms with Crippen molar-refractivity contribution in [1.29, 1.82) is 0 Å². The summed E-state index contributed by atoms with van der Waals surface area (Å²) in [4.78, 5) is 0. The maximum atomic E-state index is 5.54. The summed E-state index contributed by atoms with van der Waals surface area (Å²) >= 11 is 0. The van der Waals surface area contributed by atoms with Crippen LogP contribution in [0.5, 0.6) is 5.75 Å². The topological polar surface area (TPSA) is 65.7 Å². The standard InChI is InChI=1S/C15H22N2O3/c1-2-8-17-14-3-5-15(6-4-14)20-13-12-19-11-10-18-9-7-16/h1,3-6,17H,7-13,16H2. The van der Waals surface area contributed by atoms with E-state index in [0.717, 1.165) is 11.4 Å².